The lowest BCUT2D eigenvalue weighted by Gasteiger charge is -2.53. The van der Waals surface area contributed by atoms with E-state index in [9.17, 15) is 0 Å². The van der Waals surface area contributed by atoms with Crippen LogP contribution in [0.4, 0.5) is 28.4 Å². The lowest BCUT2D eigenvalue weighted by molar-refractivity contribution is 0.332. The van der Waals surface area contributed by atoms with Crippen molar-refractivity contribution in [2.24, 2.45) is 0 Å². The Morgan fingerprint density at radius 3 is 1.75 bits per heavy atom. The molecular weight excluding hydrogens is 779 g/mol. The third-order valence-corrected chi connectivity index (χ3v) is 15.4. The summed E-state index contributed by atoms with van der Waals surface area (Å²) in [5.41, 5.74) is 21.0. The number of ether oxygens (including phenoxy) is 2. The minimum atomic E-state index is -0.577. The molecule has 0 radical (unpaired) electrons. The standard InChI is InChI=1S/C59H49BN2O2/c1-36-30-41-40-22-17-24-43-56(40)62(47-25-14-13-23-42(47)59(43,38-18-9-7-10-19-38)39-20-11-8-12-21-39)60-46-34-53-54(64-52-27-16-15-26-51(52)63-53)35-49(46)61(50(31-36)55(41)60)48-33-45-44(32-37(48)2)57(3,4)28-29-58(45,5)6/h7-27,30-35H,28-29H2,1-6H3. The first-order valence-electron chi connectivity index (χ1n) is 22.9. The Morgan fingerprint density at radius 2 is 1.06 bits per heavy atom. The quantitative estimate of drug-likeness (QED) is 0.166. The van der Waals surface area contributed by atoms with Crippen molar-refractivity contribution in [3.63, 3.8) is 0 Å². The molecule has 0 unspecified atom stereocenters. The number of anilines is 5. The molecule has 4 aliphatic heterocycles. The Hall–Kier alpha value is -6.98. The van der Waals surface area contributed by atoms with Crippen LogP contribution < -0.4 is 30.1 Å². The number of fused-ring (bicyclic) bond motifs is 9. The van der Waals surface area contributed by atoms with Gasteiger partial charge in [0, 0.05) is 40.1 Å². The molecule has 0 N–H and O–H groups in total. The van der Waals surface area contributed by atoms with E-state index in [0.717, 1.165) is 35.1 Å². The van der Waals surface area contributed by atoms with Crippen LogP contribution in [0.15, 0.2) is 164 Å². The van der Waals surface area contributed by atoms with Gasteiger partial charge in [-0.05, 0) is 135 Å². The number of aryl methyl sites for hydroxylation is 2. The molecule has 0 aromatic heterocycles. The van der Waals surface area contributed by atoms with Crippen LogP contribution in [0.5, 0.6) is 23.0 Å². The predicted molar refractivity (Wildman–Crippen MR) is 263 cm³/mol. The molecule has 0 saturated carbocycles. The topological polar surface area (TPSA) is 24.9 Å². The van der Waals surface area contributed by atoms with Gasteiger partial charge in [-0.15, -0.1) is 0 Å². The van der Waals surface area contributed by atoms with Crippen LogP contribution in [0.25, 0.3) is 11.1 Å². The Kier molecular flexibility index (Phi) is 7.66. The molecule has 8 aromatic carbocycles. The van der Waals surface area contributed by atoms with E-state index in [1.807, 2.05) is 24.3 Å². The highest BCUT2D eigenvalue weighted by Gasteiger charge is 2.54. The van der Waals surface area contributed by atoms with Gasteiger partial charge >= 0.3 is 6.85 Å². The van der Waals surface area contributed by atoms with Crippen LogP contribution in [0, 0.1) is 13.8 Å². The highest BCUT2D eigenvalue weighted by atomic mass is 16.6. The van der Waals surface area contributed by atoms with Gasteiger partial charge in [-0.2, -0.15) is 0 Å². The summed E-state index contributed by atoms with van der Waals surface area (Å²) in [6.45, 7) is 14.1. The van der Waals surface area contributed by atoms with Gasteiger partial charge in [-0.3, -0.25) is 0 Å². The third-order valence-electron chi connectivity index (χ3n) is 15.4. The zero-order chi connectivity index (χ0) is 43.3. The summed E-state index contributed by atoms with van der Waals surface area (Å²) in [6.07, 6.45) is 2.32. The van der Waals surface area contributed by atoms with E-state index in [1.54, 1.807) is 0 Å². The molecule has 4 nitrogen and oxygen atoms in total. The molecule has 0 fully saturated rings. The van der Waals surface area contributed by atoms with Crippen molar-refractivity contribution >= 4 is 46.2 Å². The van der Waals surface area contributed by atoms with Crippen LogP contribution in [0.3, 0.4) is 0 Å². The van der Waals surface area contributed by atoms with Crippen molar-refractivity contribution in [2.45, 2.75) is 70.6 Å². The first-order chi connectivity index (χ1) is 31.0. The van der Waals surface area contributed by atoms with Crippen molar-refractivity contribution in [3.8, 4) is 34.1 Å². The molecule has 13 rings (SSSR count). The largest absolute Gasteiger partial charge is 0.450 e. The molecule has 64 heavy (non-hydrogen) atoms. The van der Waals surface area contributed by atoms with Gasteiger partial charge in [-0.1, -0.05) is 149 Å². The van der Waals surface area contributed by atoms with Crippen molar-refractivity contribution in [3.05, 3.63) is 208 Å². The fraction of sp³-hybridized carbons (Fsp3) is 0.186. The van der Waals surface area contributed by atoms with Gasteiger partial charge in [0.05, 0.1) is 5.41 Å². The highest BCUT2D eigenvalue weighted by Crippen LogP contribution is 2.61. The first kappa shape index (κ1) is 37.6. The van der Waals surface area contributed by atoms with Crippen LogP contribution in [0.1, 0.15) is 85.0 Å². The smallest absolute Gasteiger partial charge is 0.333 e. The number of benzene rings is 8. The molecule has 310 valence electrons. The van der Waals surface area contributed by atoms with Gasteiger partial charge in [0.1, 0.15) is 0 Å². The minimum Gasteiger partial charge on any atom is -0.450 e. The second-order valence-corrected chi connectivity index (χ2v) is 20.0. The molecule has 0 saturated heterocycles. The van der Waals surface area contributed by atoms with E-state index in [-0.39, 0.29) is 17.7 Å². The van der Waals surface area contributed by atoms with Crippen molar-refractivity contribution in [1.29, 1.82) is 0 Å². The lowest BCUT2D eigenvalue weighted by atomic mass is 9.42. The number of nitrogens with zero attached hydrogens (tertiary/aromatic N) is 2. The summed E-state index contributed by atoms with van der Waals surface area (Å²) in [5, 5.41) is 0. The maximum absolute atomic E-state index is 6.81. The van der Waals surface area contributed by atoms with Gasteiger partial charge in [0.15, 0.2) is 23.0 Å². The molecule has 0 atom stereocenters. The van der Waals surface area contributed by atoms with Crippen LogP contribution in [0.2, 0.25) is 0 Å². The summed E-state index contributed by atoms with van der Waals surface area (Å²) in [6, 6.07) is 61.0. The molecule has 0 amide bonds. The molecule has 4 heterocycles. The monoisotopic (exact) mass is 828 g/mol. The Labute approximate surface area is 376 Å². The maximum Gasteiger partial charge on any atom is 0.333 e. The third kappa shape index (κ3) is 4.96. The van der Waals surface area contributed by atoms with Crippen LogP contribution >= 0.6 is 0 Å². The van der Waals surface area contributed by atoms with Gasteiger partial charge in [-0.25, -0.2) is 0 Å². The van der Waals surface area contributed by atoms with Crippen LogP contribution in [-0.4, -0.2) is 6.85 Å². The minimum absolute atomic E-state index is 0.0356. The zero-order valence-corrected chi connectivity index (χ0v) is 37.3. The zero-order valence-electron chi connectivity index (χ0n) is 37.3. The molecule has 5 aliphatic rings. The Balaban J connectivity index is 1.15. The summed E-state index contributed by atoms with van der Waals surface area (Å²) in [4.78, 5) is 5.24. The second-order valence-electron chi connectivity index (χ2n) is 20.0. The normalized spacial score (nSPS) is 17.0. The van der Waals surface area contributed by atoms with E-state index >= 15 is 0 Å². The number of hydrogen-bond acceptors (Lipinski definition) is 4. The predicted octanol–water partition coefficient (Wildman–Crippen LogP) is 14.0. The average molecular weight is 829 g/mol. The van der Waals surface area contributed by atoms with E-state index in [0.29, 0.717) is 0 Å². The molecule has 0 bridgehead atoms. The number of hydrogen-bond donors (Lipinski definition) is 0. The summed E-state index contributed by atoms with van der Waals surface area (Å²) >= 11 is 0. The van der Waals surface area contributed by atoms with Gasteiger partial charge in [0.2, 0.25) is 0 Å². The number of rotatable bonds is 3. The van der Waals surface area contributed by atoms with E-state index < -0.39 is 5.41 Å². The second kappa shape index (κ2) is 13.0. The van der Waals surface area contributed by atoms with Crippen molar-refractivity contribution < 1.29 is 9.47 Å². The summed E-state index contributed by atoms with van der Waals surface area (Å²) in [5.74, 6) is 2.90. The molecule has 0 spiro atoms. The molecule has 5 heteroatoms. The maximum atomic E-state index is 6.81. The fourth-order valence-corrected chi connectivity index (χ4v) is 12.3. The van der Waals surface area contributed by atoms with E-state index in [2.05, 4.69) is 191 Å². The first-order valence-corrected chi connectivity index (χ1v) is 22.9. The summed E-state index contributed by atoms with van der Waals surface area (Å²) < 4.78 is 13.6. The van der Waals surface area contributed by atoms with Gasteiger partial charge in [0.25, 0.3) is 0 Å². The number of para-hydroxylation sites is 4. The lowest BCUT2D eigenvalue weighted by Crippen LogP contribution is -2.63. The van der Waals surface area contributed by atoms with E-state index in [4.69, 9.17) is 9.47 Å². The summed E-state index contributed by atoms with van der Waals surface area (Å²) in [7, 11) is 0. The van der Waals surface area contributed by atoms with Crippen molar-refractivity contribution in [1.82, 2.24) is 0 Å². The average Bonchev–Trinajstić information content (AvgIpc) is 3.31. The Morgan fingerprint density at radius 1 is 0.469 bits per heavy atom. The SMILES string of the molecule is Cc1cc2c3c(c1)N(c1cc4c(cc1C)C(C)(C)CCC4(C)C)c1cc4c(cc1B3N1c3ccccc3C(c3ccccc3)(c3ccccc3)c3cccc-2c31)Oc1ccccc1O4. The highest BCUT2D eigenvalue weighted by molar-refractivity contribution is 6.93. The molecule has 8 aromatic rings. The molecular formula is C59H49BN2O2. The van der Waals surface area contributed by atoms with Crippen molar-refractivity contribution in [2.75, 3.05) is 9.71 Å². The van der Waals surface area contributed by atoms with E-state index in [1.165, 1.54) is 95.7 Å². The van der Waals surface area contributed by atoms with Crippen LogP contribution in [-0.2, 0) is 16.2 Å². The fourth-order valence-electron chi connectivity index (χ4n) is 12.3. The molecule has 1 aliphatic carbocycles. The Bertz CT molecular complexity index is 3240. The van der Waals surface area contributed by atoms with Gasteiger partial charge < -0.3 is 19.2 Å².